The van der Waals surface area contributed by atoms with Gasteiger partial charge in [-0.15, -0.1) is 0 Å². The summed E-state index contributed by atoms with van der Waals surface area (Å²) in [6.07, 6.45) is 7.98. The lowest BCUT2D eigenvalue weighted by Crippen LogP contribution is -2.47. The van der Waals surface area contributed by atoms with Gasteiger partial charge in [0, 0.05) is 11.5 Å². The van der Waals surface area contributed by atoms with Crippen molar-refractivity contribution in [2.24, 2.45) is 23.2 Å². The zero-order valence-electron chi connectivity index (χ0n) is 20.0. The van der Waals surface area contributed by atoms with Crippen LogP contribution >= 0.6 is 0 Å². The van der Waals surface area contributed by atoms with Crippen molar-refractivity contribution in [3.05, 3.63) is 42.1 Å². The molecule has 0 atom stereocenters. The second-order valence-corrected chi connectivity index (χ2v) is 11.7. The van der Waals surface area contributed by atoms with E-state index in [2.05, 4.69) is 26.1 Å². The lowest BCUT2D eigenvalue weighted by molar-refractivity contribution is -0.154. The smallest absolute Gasteiger partial charge is 0.306 e. The van der Waals surface area contributed by atoms with Gasteiger partial charge in [0.1, 0.15) is 5.82 Å². The van der Waals surface area contributed by atoms with Crippen LogP contribution < -0.4 is 5.32 Å². The van der Waals surface area contributed by atoms with Gasteiger partial charge in [-0.2, -0.15) is 5.10 Å². The molecule has 4 saturated carbocycles. The summed E-state index contributed by atoms with van der Waals surface area (Å²) >= 11 is 0. The fourth-order valence-corrected chi connectivity index (χ4v) is 6.79. The topological polar surface area (TPSA) is 73.2 Å². The molecule has 6 heteroatoms. The van der Waals surface area contributed by atoms with E-state index in [0.29, 0.717) is 12.2 Å². The fraction of sp³-hybridized carbons (Fsp3) is 0.593. The van der Waals surface area contributed by atoms with Gasteiger partial charge < -0.3 is 10.1 Å². The van der Waals surface area contributed by atoms with Gasteiger partial charge in [0.2, 0.25) is 0 Å². The summed E-state index contributed by atoms with van der Waals surface area (Å²) in [7, 11) is 0. The molecule has 4 aliphatic rings. The minimum Gasteiger partial charge on any atom is -0.456 e. The Hall–Kier alpha value is -2.63. The number of rotatable bonds is 6. The largest absolute Gasteiger partial charge is 0.456 e. The number of esters is 1. The van der Waals surface area contributed by atoms with Crippen LogP contribution in [0.3, 0.4) is 0 Å². The monoisotopic (exact) mass is 449 g/mol. The number of carbonyl (C=O) groups excluding carboxylic acids is 2. The molecule has 1 aromatic carbocycles. The molecule has 176 valence electrons. The molecule has 0 radical (unpaired) electrons. The maximum absolute atomic E-state index is 12.7. The minimum atomic E-state index is -0.341. The Morgan fingerprint density at radius 2 is 1.67 bits per heavy atom. The highest BCUT2D eigenvalue weighted by atomic mass is 16.5. The van der Waals surface area contributed by atoms with Gasteiger partial charge in [0.25, 0.3) is 5.91 Å². The highest BCUT2D eigenvalue weighted by Crippen LogP contribution is 2.61. The number of carbonyl (C=O) groups is 2. The SMILES string of the molecule is CC(C)(C)c1cc(NC(=O)COC(=O)CC23CC4CC(CC(C4)C2)C3)n(-c2ccccc2)n1. The Labute approximate surface area is 196 Å². The summed E-state index contributed by atoms with van der Waals surface area (Å²) in [5.41, 5.74) is 1.70. The molecule has 1 heterocycles. The van der Waals surface area contributed by atoms with Crippen molar-refractivity contribution in [3.8, 4) is 5.69 Å². The number of amides is 1. The van der Waals surface area contributed by atoms with Gasteiger partial charge in [-0.1, -0.05) is 39.0 Å². The summed E-state index contributed by atoms with van der Waals surface area (Å²) in [5.74, 6) is 2.38. The van der Waals surface area contributed by atoms with E-state index in [-0.39, 0.29) is 29.3 Å². The number of nitrogens with zero attached hydrogens (tertiary/aromatic N) is 2. The van der Waals surface area contributed by atoms with Gasteiger partial charge >= 0.3 is 5.97 Å². The quantitative estimate of drug-likeness (QED) is 0.611. The summed E-state index contributed by atoms with van der Waals surface area (Å²) in [6, 6.07) is 11.6. The zero-order valence-corrected chi connectivity index (χ0v) is 20.0. The molecular weight excluding hydrogens is 414 g/mol. The Balaban J connectivity index is 1.22. The lowest BCUT2D eigenvalue weighted by Gasteiger charge is -2.56. The highest BCUT2D eigenvalue weighted by molar-refractivity contribution is 5.92. The Morgan fingerprint density at radius 1 is 1.06 bits per heavy atom. The number of aromatic nitrogens is 2. The zero-order chi connectivity index (χ0) is 23.2. The number of para-hydroxylation sites is 1. The second kappa shape index (κ2) is 8.30. The summed E-state index contributed by atoms with van der Waals surface area (Å²) < 4.78 is 7.19. The van der Waals surface area contributed by atoms with Crippen molar-refractivity contribution in [1.82, 2.24) is 9.78 Å². The highest BCUT2D eigenvalue weighted by Gasteiger charge is 2.51. The van der Waals surface area contributed by atoms with Crippen molar-refractivity contribution in [2.75, 3.05) is 11.9 Å². The van der Waals surface area contributed by atoms with E-state index in [1.54, 1.807) is 4.68 Å². The lowest BCUT2D eigenvalue weighted by atomic mass is 9.49. The number of ether oxygens (including phenoxy) is 1. The molecule has 0 spiro atoms. The molecular formula is C27H35N3O3. The summed E-state index contributed by atoms with van der Waals surface area (Å²) in [6.45, 7) is 5.99. The van der Waals surface area contributed by atoms with E-state index in [1.807, 2.05) is 36.4 Å². The van der Waals surface area contributed by atoms with Crippen molar-refractivity contribution < 1.29 is 14.3 Å². The predicted molar refractivity (Wildman–Crippen MR) is 127 cm³/mol. The molecule has 2 aromatic rings. The maximum Gasteiger partial charge on any atom is 0.306 e. The first kappa shape index (κ1) is 22.2. The van der Waals surface area contributed by atoms with Gasteiger partial charge in [0.05, 0.1) is 17.8 Å². The molecule has 4 aliphatic carbocycles. The molecule has 0 unspecified atom stereocenters. The molecule has 0 saturated heterocycles. The number of nitrogens with one attached hydrogen (secondary N) is 1. The van der Waals surface area contributed by atoms with Gasteiger partial charge in [-0.05, 0) is 73.8 Å². The van der Waals surface area contributed by atoms with Crippen LogP contribution in [0.1, 0.15) is 71.4 Å². The van der Waals surface area contributed by atoms with Crippen LogP contribution in [0.4, 0.5) is 5.82 Å². The maximum atomic E-state index is 12.7. The molecule has 4 fully saturated rings. The first-order valence-electron chi connectivity index (χ1n) is 12.3. The van der Waals surface area contributed by atoms with Crippen LogP contribution in [0.15, 0.2) is 36.4 Å². The van der Waals surface area contributed by atoms with E-state index in [9.17, 15) is 9.59 Å². The van der Waals surface area contributed by atoms with Crippen molar-refractivity contribution in [3.63, 3.8) is 0 Å². The third-order valence-corrected chi connectivity index (χ3v) is 7.79. The normalized spacial score (nSPS) is 28.0. The molecule has 1 aromatic heterocycles. The number of hydrogen-bond donors (Lipinski definition) is 1. The fourth-order valence-electron chi connectivity index (χ4n) is 6.79. The van der Waals surface area contributed by atoms with E-state index in [4.69, 9.17) is 9.84 Å². The van der Waals surface area contributed by atoms with Crippen molar-refractivity contribution in [1.29, 1.82) is 0 Å². The van der Waals surface area contributed by atoms with Gasteiger partial charge in [0.15, 0.2) is 6.61 Å². The van der Waals surface area contributed by atoms with E-state index < -0.39 is 0 Å². The van der Waals surface area contributed by atoms with Gasteiger partial charge in [-0.25, -0.2) is 4.68 Å². The number of anilines is 1. The summed E-state index contributed by atoms with van der Waals surface area (Å²) in [4.78, 5) is 25.4. The average molecular weight is 450 g/mol. The molecule has 33 heavy (non-hydrogen) atoms. The number of benzene rings is 1. The molecule has 1 amide bonds. The molecule has 6 nitrogen and oxygen atoms in total. The summed E-state index contributed by atoms with van der Waals surface area (Å²) in [5, 5.41) is 7.62. The third-order valence-electron chi connectivity index (χ3n) is 7.79. The molecule has 1 N–H and O–H groups in total. The second-order valence-electron chi connectivity index (χ2n) is 11.7. The Morgan fingerprint density at radius 3 is 2.24 bits per heavy atom. The molecule has 4 bridgehead atoms. The van der Waals surface area contributed by atoms with Gasteiger partial charge in [-0.3, -0.25) is 9.59 Å². The Bertz CT molecular complexity index is 999. The van der Waals surface area contributed by atoms with Crippen LogP contribution in [-0.2, 0) is 19.7 Å². The van der Waals surface area contributed by atoms with Crippen LogP contribution in [0.5, 0.6) is 0 Å². The van der Waals surface area contributed by atoms with Crippen LogP contribution in [0, 0.1) is 23.2 Å². The predicted octanol–water partition coefficient (Wildman–Crippen LogP) is 5.26. The first-order valence-corrected chi connectivity index (χ1v) is 12.3. The van der Waals surface area contributed by atoms with Crippen LogP contribution in [0.25, 0.3) is 5.69 Å². The van der Waals surface area contributed by atoms with Crippen LogP contribution in [-0.4, -0.2) is 28.3 Å². The number of hydrogen-bond acceptors (Lipinski definition) is 4. The third kappa shape index (κ3) is 4.71. The van der Waals surface area contributed by atoms with Crippen LogP contribution in [0.2, 0.25) is 0 Å². The first-order chi connectivity index (χ1) is 15.7. The van der Waals surface area contributed by atoms with E-state index >= 15 is 0 Å². The van der Waals surface area contributed by atoms with E-state index in [0.717, 1.165) is 48.4 Å². The molecule has 0 aliphatic heterocycles. The minimum absolute atomic E-state index is 0.121. The molecule has 6 rings (SSSR count). The Kier molecular flexibility index (Phi) is 5.58. The standard InChI is InChI=1S/C27H35N3O3/c1-26(2,3)22-12-23(30(29-22)21-7-5-4-6-8-21)28-24(31)17-33-25(32)16-27-13-18-9-19(14-27)11-20(10-18)15-27/h4-8,12,18-20H,9-11,13-17H2,1-3H3,(H,28,31). The average Bonchev–Trinajstić information content (AvgIpc) is 3.16. The van der Waals surface area contributed by atoms with Crippen molar-refractivity contribution in [2.45, 2.75) is 71.1 Å². The van der Waals surface area contributed by atoms with E-state index in [1.165, 1.54) is 19.3 Å². The van der Waals surface area contributed by atoms with Crippen molar-refractivity contribution >= 4 is 17.7 Å².